The summed E-state index contributed by atoms with van der Waals surface area (Å²) in [7, 11) is 0. The minimum absolute atomic E-state index is 0.0664. The van der Waals surface area contributed by atoms with Crippen molar-refractivity contribution >= 4 is 11.9 Å². The highest BCUT2D eigenvalue weighted by molar-refractivity contribution is 5.70. The Balaban J connectivity index is 1.56. The number of phenols is 1. The Hall–Kier alpha value is -3.10. The van der Waals surface area contributed by atoms with Gasteiger partial charge in [0.2, 0.25) is 0 Å². The van der Waals surface area contributed by atoms with Crippen LogP contribution in [0.25, 0.3) is 0 Å². The first-order chi connectivity index (χ1) is 20.6. The number of carbonyl (C=O) groups is 2. The molecule has 0 saturated heterocycles. The van der Waals surface area contributed by atoms with Crippen molar-refractivity contribution in [1.29, 1.82) is 0 Å². The standard InChI is InChI=1S/C36H54O8/c1-10-42-34-26(3)22-28(24-30(34)36(7,8)9)12-14-32(38)44-20-18-41-16-15-40-17-19-43-31(37)13-11-27-21-25(2)33(39)29(23-27)35(4,5)6/h21-24,39H,10-20H2,1-9H3. The van der Waals surface area contributed by atoms with Crippen molar-refractivity contribution in [3.05, 3.63) is 57.6 Å². The van der Waals surface area contributed by atoms with Gasteiger partial charge in [0.15, 0.2) is 0 Å². The minimum atomic E-state index is -0.290. The number of benzene rings is 2. The summed E-state index contributed by atoms with van der Waals surface area (Å²) in [5.74, 6) is 0.694. The molecular weight excluding hydrogens is 560 g/mol. The molecule has 0 atom stereocenters. The molecule has 8 nitrogen and oxygen atoms in total. The lowest BCUT2D eigenvalue weighted by Crippen LogP contribution is -2.16. The SMILES string of the molecule is CCOc1c(C)cc(CCC(=O)OCCOCCOCCOC(=O)CCc2cc(C)c(O)c(C(C)(C)C)c2)cc1C(C)(C)C. The molecule has 0 aromatic heterocycles. The molecule has 2 aromatic carbocycles. The summed E-state index contributed by atoms with van der Waals surface area (Å²) in [6, 6.07) is 8.09. The van der Waals surface area contributed by atoms with Crippen LogP contribution in [-0.2, 0) is 52.2 Å². The lowest BCUT2D eigenvalue weighted by atomic mass is 9.83. The van der Waals surface area contributed by atoms with Crippen molar-refractivity contribution < 1.29 is 38.4 Å². The molecule has 2 rings (SSSR count). The molecule has 0 spiro atoms. The average molecular weight is 615 g/mol. The lowest BCUT2D eigenvalue weighted by molar-refractivity contribution is -0.146. The summed E-state index contributed by atoms with van der Waals surface area (Å²) in [4.78, 5) is 24.4. The Bertz CT molecular complexity index is 1220. The predicted octanol–water partition coefficient (Wildman–Crippen LogP) is 6.69. The number of aromatic hydroxyl groups is 1. The van der Waals surface area contributed by atoms with E-state index in [1.54, 1.807) is 0 Å². The van der Waals surface area contributed by atoms with E-state index in [-0.39, 0.29) is 55.6 Å². The highest BCUT2D eigenvalue weighted by Gasteiger charge is 2.22. The molecule has 0 radical (unpaired) electrons. The summed E-state index contributed by atoms with van der Waals surface area (Å²) in [5.41, 5.74) is 5.74. The number of esters is 2. The molecule has 0 heterocycles. The topological polar surface area (TPSA) is 101 Å². The van der Waals surface area contributed by atoms with Crippen LogP contribution in [0.2, 0.25) is 0 Å². The van der Waals surface area contributed by atoms with Crippen LogP contribution in [0.15, 0.2) is 24.3 Å². The number of hydrogen-bond donors (Lipinski definition) is 1. The van der Waals surface area contributed by atoms with E-state index in [1.807, 2.05) is 32.9 Å². The van der Waals surface area contributed by atoms with Crippen molar-refractivity contribution in [2.45, 2.75) is 98.8 Å². The normalized spacial score (nSPS) is 11.8. The van der Waals surface area contributed by atoms with Crippen LogP contribution in [-0.4, -0.2) is 63.3 Å². The smallest absolute Gasteiger partial charge is 0.306 e. The molecule has 0 aliphatic rings. The fraction of sp³-hybridized carbons (Fsp3) is 0.611. The summed E-state index contributed by atoms with van der Waals surface area (Å²) in [6.45, 7) is 20.8. The number of aryl methyl sites for hydroxylation is 4. The molecule has 0 aliphatic carbocycles. The first kappa shape index (κ1) is 37.1. The highest BCUT2D eigenvalue weighted by atomic mass is 16.6. The second kappa shape index (κ2) is 17.4. The maximum absolute atomic E-state index is 12.2. The maximum Gasteiger partial charge on any atom is 0.306 e. The number of hydrogen-bond acceptors (Lipinski definition) is 8. The first-order valence-corrected chi connectivity index (χ1v) is 15.7. The summed E-state index contributed by atoms with van der Waals surface area (Å²) < 4.78 is 27.4. The summed E-state index contributed by atoms with van der Waals surface area (Å²) in [5, 5.41) is 10.4. The largest absolute Gasteiger partial charge is 0.507 e. The summed E-state index contributed by atoms with van der Waals surface area (Å²) in [6.07, 6.45) is 1.70. The molecule has 0 unspecified atom stereocenters. The van der Waals surface area contributed by atoms with Crippen LogP contribution in [0.1, 0.15) is 94.7 Å². The molecule has 44 heavy (non-hydrogen) atoms. The molecule has 0 fully saturated rings. The zero-order valence-electron chi connectivity index (χ0n) is 28.4. The average Bonchev–Trinajstić information content (AvgIpc) is 2.93. The molecule has 0 amide bonds. The van der Waals surface area contributed by atoms with Crippen LogP contribution in [0.5, 0.6) is 11.5 Å². The van der Waals surface area contributed by atoms with Gasteiger partial charge in [-0.05, 0) is 72.3 Å². The van der Waals surface area contributed by atoms with Gasteiger partial charge in [0.25, 0.3) is 0 Å². The van der Waals surface area contributed by atoms with Crippen LogP contribution < -0.4 is 4.74 Å². The van der Waals surface area contributed by atoms with Crippen molar-refractivity contribution in [3.63, 3.8) is 0 Å². The number of ether oxygens (including phenoxy) is 5. The molecular formula is C36H54O8. The van der Waals surface area contributed by atoms with Gasteiger partial charge in [0.1, 0.15) is 24.7 Å². The van der Waals surface area contributed by atoms with E-state index in [1.165, 1.54) is 0 Å². The second-order valence-corrected chi connectivity index (χ2v) is 13.2. The molecule has 2 aromatic rings. The highest BCUT2D eigenvalue weighted by Crippen LogP contribution is 2.36. The van der Waals surface area contributed by atoms with E-state index in [9.17, 15) is 14.7 Å². The van der Waals surface area contributed by atoms with Gasteiger partial charge in [0.05, 0.1) is 33.0 Å². The number of carbonyl (C=O) groups excluding carboxylic acids is 2. The van der Waals surface area contributed by atoms with Gasteiger partial charge < -0.3 is 28.8 Å². The Labute approximate surface area is 264 Å². The van der Waals surface area contributed by atoms with Gasteiger partial charge in [0, 0.05) is 18.4 Å². The Kier molecular flexibility index (Phi) is 14.7. The van der Waals surface area contributed by atoms with E-state index in [2.05, 4.69) is 53.7 Å². The van der Waals surface area contributed by atoms with E-state index in [0.29, 0.717) is 44.8 Å². The molecule has 0 bridgehead atoms. The van der Waals surface area contributed by atoms with Crippen LogP contribution in [0.4, 0.5) is 0 Å². The zero-order chi connectivity index (χ0) is 32.9. The Morgan fingerprint density at radius 1 is 0.659 bits per heavy atom. The third-order valence-electron chi connectivity index (χ3n) is 7.19. The monoisotopic (exact) mass is 614 g/mol. The van der Waals surface area contributed by atoms with E-state index >= 15 is 0 Å². The molecule has 0 aliphatic heterocycles. The van der Waals surface area contributed by atoms with E-state index in [4.69, 9.17) is 23.7 Å². The van der Waals surface area contributed by atoms with Crippen molar-refractivity contribution in [2.75, 3.05) is 46.2 Å². The lowest BCUT2D eigenvalue weighted by Gasteiger charge is -2.25. The Morgan fingerprint density at radius 3 is 1.55 bits per heavy atom. The maximum atomic E-state index is 12.2. The van der Waals surface area contributed by atoms with Crippen LogP contribution in [0.3, 0.4) is 0 Å². The Morgan fingerprint density at radius 2 is 1.09 bits per heavy atom. The van der Waals surface area contributed by atoms with E-state index in [0.717, 1.165) is 39.1 Å². The van der Waals surface area contributed by atoms with Gasteiger partial charge in [-0.25, -0.2) is 0 Å². The molecule has 246 valence electrons. The third kappa shape index (κ3) is 12.5. The quantitative estimate of drug-likeness (QED) is 0.155. The fourth-order valence-electron chi connectivity index (χ4n) is 4.84. The van der Waals surface area contributed by atoms with Gasteiger partial charge in [-0.15, -0.1) is 0 Å². The molecule has 0 saturated carbocycles. The van der Waals surface area contributed by atoms with Gasteiger partial charge >= 0.3 is 11.9 Å². The predicted molar refractivity (Wildman–Crippen MR) is 173 cm³/mol. The summed E-state index contributed by atoms with van der Waals surface area (Å²) >= 11 is 0. The second-order valence-electron chi connectivity index (χ2n) is 13.2. The van der Waals surface area contributed by atoms with Crippen LogP contribution in [0, 0.1) is 13.8 Å². The first-order valence-electron chi connectivity index (χ1n) is 15.7. The molecule has 8 heteroatoms. The van der Waals surface area contributed by atoms with Crippen molar-refractivity contribution in [1.82, 2.24) is 0 Å². The molecule has 1 N–H and O–H groups in total. The van der Waals surface area contributed by atoms with Crippen LogP contribution >= 0.6 is 0 Å². The zero-order valence-corrected chi connectivity index (χ0v) is 28.4. The fourth-order valence-corrected chi connectivity index (χ4v) is 4.84. The van der Waals surface area contributed by atoms with Gasteiger partial charge in [-0.3, -0.25) is 9.59 Å². The number of phenolic OH excluding ortho intramolecular Hbond substituents is 1. The van der Waals surface area contributed by atoms with E-state index < -0.39 is 0 Å². The minimum Gasteiger partial charge on any atom is -0.507 e. The van der Waals surface area contributed by atoms with Crippen molar-refractivity contribution in [3.8, 4) is 11.5 Å². The van der Waals surface area contributed by atoms with Gasteiger partial charge in [-0.2, -0.15) is 0 Å². The third-order valence-corrected chi connectivity index (χ3v) is 7.19. The number of rotatable bonds is 17. The van der Waals surface area contributed by atoms with Gasteiger partial charge in [-0.1, -0.05) is 65.8 Å². The van der Waals surface area contributed by atoms with Crippen molar-refractivity contribution in [2.24, 2.45) is 0 Å².